The normalized spacial score (nSPS) is 12.1. The van der Waals surface area contributed by atoms with Gasteiger partial charge in [0.15, 0.2) is 0 Å². The van der Waals surface area contributed by atoms with Crippen LogP contribution in [-0.4, -0.2) is 36.0 Å². The Hall–Kier alpha value is -0.705. The number of carbonyl (C=O) groups is 1. The minimum Gasteiger partial charge on any atom is -0.432 e. The lowest BCUT2D eigenvalue weighted by molar-refractivity contribution is 0.220. The first-order chi connectivity index (χ1) is 5.49. The van der Waals surface area contributed by atoms with Gasteiger partial charge in [-0.1, -0.05) is 6.92 Å². The number of hydrogen-bond donors (Lipinski definition) is 2. The van der Waals surface area contributed by atoms with E-state index in [-0.39, 0.29) is 12.1 Å². The third-order valence-corrected chi connectivity index (χ3v) is 1.86. The van der Waals surface area contributed by atoms with Crippen molar-refractivity contribution in [3.05, 3.63) is 0 Å². The first-order valence-corrected chi connectivity index (χ1v) is 4.20. The smallest absolute Gasteiger partial charge is 0.413 e. The van der Waals surface area contributed by atoms with Gasteiger partial charge in [0.1, 0.15) is 0 Å². The predicted molar refractivity (Wildman–Crippen MR) is 49.9 cm³/mol. The van der Waals surface area contributed by atoms with Crippen LogP contribution in [0.1, 0.15) is 20.3 Å². The van der Waals surface area contributed by atoms with E-state index in [2.05, 4.69) is 5.32 Å². The average Bonchev–Trinajstić information content (AvgIpc) is 2.02. The van der Waals surface area contributed by atoms with Crippen LogP contribution in [0.3, 0.4) is 0 Å². The number of nitrogens with one attached hydrogen (secondary N) is 1. The molecule has 0 spiro atoms. The van der Waals surface area contributed by atoms with E-state index in [1.165, 1.54) is 4.81 Å². The lowest BCUT2D eigenvalue weighted by atomic mass is 9.86. The topological polar surface area (TPSA) is 52.6 Å². The van der Waals surface area contributed by atoms with E-state index in [4.69, 9.17) is 5.02 Å². The number of rotatable bonds is 3. The second-order valence-corrected chi connectivity index (χ2v) is 3.00. The second-order valence-electron chi connectivity index (χ2n) is 3.00. The first-order valence-electron chi connectivity index (χ1n) is 4.20. The van der Waals surface area contributed by atoms with Gasteiger partial charge >= 0.3 is 13.1 Å². The van der Waals surface area contributed by atoms with Crippen LogP contribution in [0.2, 0.25) is 6.82 Å². The Balaban J connectivity index is 3.87. The summed E-state index contributed by atoms with van der Waals surface area (Å²) in [5.41, 5.74) is 0. The van der Waals surface area contributed by atoms with Crippen LogP contribution in [0, 0.1) is 0 Å². The summed E-state index contributed by atoms with van der Waals surface area (Å²) in [7, 11) is 0.816. The zero-order valence-electron chi connectivity index (χ0n) is 8.16. The molecule has 4 nitrogen and oxygen atoms in total. The lowest BCUT2D eigenvalue weighted by Crippen LogP contribution is -2.47. The summed E-state index contributed by atoms with van der Waals surface area (Å²) in [5, 5.41) is 11.8. The maximum atomic E-state index is 11.2. The molecule has 12 heavy (non-hydrogen) atoms. The van der Waals surface area contributed by atoms with Crippen LogP contribution in [0.5, 0.6) is 0 Å². The second kappa shape index (κ2) is 5.03. The van der Waals surface area contributed by atoms with Crippen molar-refractivity contribution in [1.29, 1.82) is 0 Å². The van der Waals surface area contributed by atoms with Gasteiger partial charge in [0, 0.05) is 13.1 Å². The summed E-state index contributed by atoms with van der Waals surface area (Å²) in [4.78, 5) is 12.5. The Bertz CT molecular complexity index is 152. The first kappa shape index (κ1) is 11.3. The van der Waals surface area contributed by atoms with Gasteiger partial charge in [0.05, 0.1) is 0 Å². The molecule has 0 bridgehead atoms. The minimum absolute atomic E-state index is 0.152. The van der Waals surface area contributed by atoms with Gasteiger partial charge in [-0.25, -0.2) is 4.79 Å². The van der Waals surface area contributed by atoms with Crippen molar-refractivity contribution in [3.63, 3.8) is 0 Å². The Morgan fingerprint density at radius 2 is 2.25 bits per heavy atom. The van der Waals surface area contributed by atoms with Crippen LogP contribution in [0.4, 0.5) is 4.79 Å². The molecule has 1 unspecified atom stereocenters. The molecule has 0 radical (unpaired) electrons. The van der Waals surface area contributed by atoms with Crippen LogP contribution >= 0.6 is 0 Å². The molecule has 0 saturated carbocycles. The number of urea groups is 1. The zero-order valence-corrected chi connectivity index (χ0v) is 8.16. The van der Waals surface area contributed by atoms with E-state index in [1.807, 2.05) is 13.8 Å². The number of amides is 2. The molecule has 0 rings (SSSR count). The fraction of sp³-hybridized carbons (Fsp3) is 0.857. The summed E-state index contributed by atoms with van der Waals surface area (Å²) < 4.78 is 0. The molecule has 70 valence electrons. The van der Waals surface area contributed by atoms with Crippen LogP contribution in [0.25, 0.3) is 0 Å². The van der Waals surface area contributed by atoms with Gasteiger partial charge in [-0.05, 0) is 20.2 Å². The average molecular weight is 172 g/mol. The monoisotopic (exact) mass is 172 g/mol. The van der Waals surface area contributed by atoms with Gasteiger partial charge in [-0.2, -0.15) is 0 Å². The molecular formula is C7H17BN2O2. The Kier molecular flexibility index (Phi) is 4.74. The van der Waals surface area contributed by atoms with E-state index in [0.29, 0.717) is 0 Å². The lowest BCUT2D eigenvalue weighted by Gasteiger charge is -2.21. The molecular weight excluding hydrogens is 155 g/mol. The van der Waals surface area contributed by atoms with E-state index in [0.717, 1.165) is 6.42 Å². The van der Waals surface area contributed by atoms with Gasteiger partial charge in [0.25, 0.3) is 0 Å². The molecule has 0 aromatic rings. The summed E-state index contributed by atoms with van der Waals surface area (Å²) in [6.07, 6.45) is 0.888. The molecule has 0 aromatic carbocycles. The molecule has 0 aliphatic heterocycles. The van der Waals surface area contributed by atoms with Crippen molar-refractivity contribution in [2.75, 3.05) is 7.05 Å². The molecule has 2 amide bonds. The van der Waals surface area contributed by atoms with Crippen LogP contribution in [-0.2, 0) is 0 Å². The Morgan fingerprint density at radius 1 is 1.75 bits per heavy atom. The molecule has 2 N–H and O–H groups in total. The SMILES string of the molecule is CCC(C)NC(=O)N(C)B(C)O. The zero-order chi connectivity index (χ0) is 9.72. The quantitative estimate of drug-likeness (QED) is 0.610. The fourth-order valence-corrected chi connectivity index (χ4v) is 0.584. The highest BCUT2D eigenvalue weighted by molar-refractivity contribution is 6.48. The van der Waals surface area contributed by atoms with Crippen molar-refractivity contribution in [1.82, 2.24) is 10.1 Å². The van der Waals surface area contributed by atoms with Gasteiger partial charge in [-0.15, -0.1) is 0 Å². The molecule has 0 heterocycles. The van der Waals surface area contributed by atoms with Crippen molar-refractivity contribution in [3.8, 4) is 0 Å². The standard InChI is InChI=1S/C7H17BN2O2/c1-5-6(2)9-7(11)10(4)8(3)12/h6,12H,5H2,1-4H3,(H,9,11). The number of hydrogen-bond acceptors (Lipinski definition) is 2. The maximum Gasteiger partial charge on any atom is 0.413 e. The number of carbonyl (C=O) groups excluding carboxylic acids is 1. The Labute approximate surface area is 74.1 Å². The molecule has 0 fully saturated rings. The minimum atomic E-state index is -0.742. The summed E-state index contributed by atoms with van der Waals surface area (Å²) >= 11 is 0. The van der Waals surface area contributed by atoms with Crippen molar-refractivity contribution in [2.24, 2.45) is 0 Å². The molecule has 0 aliphatic rings. The third kappa shape index (κ3) is 3.62. The van der Waals surface area contributed by atoms with E-state index in [1.54, 1.807) is 13.9 Å². The largest absolute Gasteiger partial charge is 0.432 e. The molecule has 0 aliphatic carbocycles. The molecule has 1 atom stereocenters. The van der Waals surface area contributed by atoms with E-state index < -0.39 is 7.05 Å². The predicted octanol–water partition coefficient (Wildman–Crippen LogP) is 0.537. The Morgan fingerprint density at radius 3 is 2.58 bits per heavy atom. The summed E-state index contributed by atoms with van der Waals surface area (Å²) in [5.74, 6) is 0. The maximum absolute atomic E-state index is 11.2. The number of nitrogens with zero attached hydrogens (tertiary/aromatic N) is 1. The molecule has 0 aromatic heterocycles. The van der Waals surface area contributed by atoms with Crippen molar-refractivity contribution in [2.45, 2.75) is 33.1 Å². The fourth-order valence-electron chi connectivity index (χ4n) is 0.584. The molecule has 0 saturated heterocycles. The van der Waals surface area contributed by atoms with Crippen LogP contribution in [0.15, 0.2) is 0 Å². The highest BCUT2D eigenvalue weighted by Gasteiger charge is 2.18. The van der Waals surface area contributed by atoms with Gasteiger partial charge in [0.2, 0.25) is 0 Å². The van der Waals surface area contributed by atoms with E-state index in [9.17, 15) is 4.79 Å². The highest BCUT2D eigenvalue weighted by atomic mass is 16.2. The van der Waals surface area contributed by atoms with Gasteiger partial charge in [-0.3, -0.25) is 0 Å². The summed E-state index contributed by atoms with van der Waals surface area (Å²) in [6.45, 7) is 5.47. The van der Waals surface area contributed by atoms with Gasteiger partial charge < -0.3 is 15.2 Å². The molecule has 5 heteroatoms. The van der Waals surface area contributed by atoms with E-state index >= 15 is 0 Å². The van der Waals surface area contributed by atoms with Crippen LogP contribution < -0.4 is 5.32 Å². The van der Waals surface area contributed by atoms with Crippen molar-refractivity contribution < 1.29 is 9.82 Å². The highest BCUT2D eigenvalue weighted by Crippen LogP contribution is 1.92. The van der Waals surface area contributed by atoms with Crippen molar-refractivity contribution >= 4 is 13.1 Å². The summed E-state index contributed by atoms with van der Waals surface area (Å²) in [6, 6.07) is -0.0851. The third-order valence-electron chi connectivity index (χ3n) is 1.86.